The van der Waals surface area contributed by atoms with Crippen LogP contribution in [0, 0.1) is 0 Å². The van der Waals surface area contributed by atoms with Crippen LogP contribution in [0.15, 0.2) is 65.6 Å². The normalized spacial score (nSPS) is 11.4. The van der Waals surface area contributed by atoms with Crippen molar-refractivity contribution in [3.8, 4) is 11.4 Å². The molecule has 0 atom stereocenters. The number of nitrogens with zero attached hydrogens (tertiary/aromatic N) is 2. The molecule has 0 bridgehead atoms. The van der Waals surface area contributed by atoms with E-state index in [1.54, 1.807) is 24.3 Å². The van der Waals surface area contributed by atoms with Gasteiger partial charge < -0.3 is 10.6 Å². The first-order valence-corrected chi connectivity index (χ1v) is 10.9. The Balaban J connectivity index is 1.91. The van der Waals surface area contributed by atoms with Gasteiger partial charge in [-0.2, -0.15) is 0 Å². The number of hydrogen-bond donors (Lipinski definition) is 2. The molecule has 0 saturated heterocycles. The van der Waals surface area contributed by atoms with Crippen LogP contribution in [0.5, 0.6) is 0 Å². The van der Waals surface area contributed by atoms with Crippen LogP contribution < -0.4 is 10.6 Å². The molecular weight excluding hydrogens is 372 g/mol. The smallest absolute Gasteiger partial charge is 0.175 e. The van der Waals surface area contributed by atoms with Crippen LogP contribution >= 0.6 is 0 Å². The van der Waals surface area contributed by atoms with Crippen LogP contribution in [0.25, 0.3) is 11.4 Å². The molecule has 2 N–H and O–H groups in total. The fourth-order valence-corrected chi connectivity index (χ4v) is 3.31. The van der Waals surface area contributed by atoms with Crippen LogP contribution in [0.3, 0.4) is 0 Å². The summed E-state index contributed by atoms with van der Waals surface area (Å²) >= 11 is 0. The molecular formula is C21H24N4O2S. The zero-order valence-electron chi connectivity index (χ0n) is 16.2. The number of nitrogens with one attached hydrogen (secondary N) is 2. The number of benzene rings is 2. The van der Waals surface area contributed by atoms with Gasteiger partial charge in [-0.05, 0) is 43.7 Å². The summed E-state index contributed by atoms with van der Waals surface area (Å²) in [6, 6.07) is 18.8. The summed E-state index contributed by atoms with van der Waals surface area (Å²) < 4.78 is 23.4. The second-order valence-corrected chi connectivity index (χ2v) is 8.91. The van der Waals surface area contributed by atoms with E-state index < -0.39 is 9.84 Å². The minimum absolute atomic E-state index is 0.220. The minimum Gasteiger partial charge on any atom is -0.368 e. The molecule has 1 aromatic heterocycles. The van der Waals surface area contributed by atoms with Crippen molar-refractivity contribution in [1.29, 1.82) is 0 Å². The molecule has 0 aliphatic rings. The fraction of sp³-hybridized carbons (Fsp3) is 0.238. The minimum atomic E-state index is -3.24. The summed E-state index contributed by atoms with van der Waals surface area (Å²) in [6.07, 6.45) is 1.19. The lowest BCUT2D eigenvalue weighted by molar-refractivity contribution is 0.602. The van der Waals surface area contributed by atoms with Crippen molar-refractivity contribution < 1.29 is 8.42 Å². The highest BCUT2D eigenvalue weighted by molar-refractivity contribution is 7.90. The lowest BCUT2D eigenvalue weighted by atomic mass is 10.2. The zero-order valence-corrected chi connectivity index (χ0v) is 17.0. The van der Waals surface area contributed by atoms with E-state index >= 15 is 0 Å². The van der Waals surface area contributed by atoms with Gasteiger partial charge in [0.25, 0.3) is 0 Å². The number of rotatable bonds is 7. The molecule has 2 aromatic carbocycles. The van der Waals surface area contributed by atoms with Gasteiger partial charge in [-0.3, -0.25) is 0 Å². The third kappa shape index (κ3) is 5.29. The highest BCUT2D eigenvalue weighted by Crippen LogP contribution is 2.23. The predicted molar refractivity (Wildman–Crippen MR) is 113 cm³/mol. The molecule has 146 valence electrons. The zero-order chi connectivity index (χ0) is 20.1. The standard InChI is InChI=1S/C21H24N4O2S/c1-15(2)23-20-13-19(22-14-16-7-5-4-6-8-16)24-21(25-20)17-9-11-18(12-10-17)28(3,26)27/h4-13,15H,14H2,1-3H3,(H2,22,23,24,25). The Kier molecular flexibility index (Phi) is 5.94. The first-order chi connectivity index (χ1) is 13.3. The lowest BCUT2D eigenvalue weighted by Gasteiger charge is -2.13. The maximum Gasteiger partial charge on any atom is 0.175 e. The van der Waals surface area contributed by atoms with Crippen molar-refractivity contribution in [2.75, 3.05) is 16.9 Å². The number of aromatic nitrogens is 2. The second kappa shape index (κ2) is 8.39. The highest BCUT2D eigenvalue weighted by Gasteiger charge is 2.11. The molecule has 28 heavy (non-hydrogen) atoms. The van der Waals surface area contributed by atoms with Crippen molar-refractivity contribution in [3.05, 3.63) is 66.2 Å². The Hall–Kier alpha value is -2.93. The number of anilines is 2. The fourth-order valence-electron chi connectivity index (χ4n) is 2.68. The maximum absolute atomic E-state index is 11.7. The van der Waals surface area contributed by atoms with Crippen molar-refractivity contribution in [1.82, 2.24) is 9.97 Å². The molecule has 3 rings (SSSR count). The van der Waals surface area contributed by atoms with Gasteiger partial charge in [0.1, 0.15) is 11.6 Å². The van der Waals surface area contributed by atoms with Crippen molar-refractivity contribution in [2.45, 2.75) is 31.3 Å². The van der Waals surface area contributed by atoms with Gasteiger partial charge in [0.15, 0.2) is 15.7 Å². The molecule has 7 heteroatoms. The van der Waals surface area contributed by atoms with Crippen LogP contribution in [0.4, 0.5) is 11.6 Å². The van der Waals surface area contributed by atoms with Crippen LogP contribution in [0.2, 0.25) is 0 Å². The average molecular weight is 397 g/mol. The van der Waals surface area contributed by atoms with E-state index in [-0.39, 0.29) is 10.9 Å². The molecule has 1 heterocycles. The molecule has 6 nitrogen and oxygen atoms in total. The van der Waals surface area contributed by atoms with E-state index in [9.17, 15) is 8.42 Å². The van der Waals surface area contributed by atoms with Gasteiger partial charge >= 0.3 is 0 Å². The number of sulfone groups is 1. The summed E-state index contributed by atoms with van der Waals surface area (Å²) in [7, 11) is -3.24. The maximum atomic E-state index is 11.7. The molecule has 0 aliphatic carbocycles. The molecule has 3 aromatic rings. The van der Waals surface area contributed by atoms with Gasteiger partial charge in [0, 0.05) is 30.5 Å². The Morgan fingerprint density at radius 3 is 2.18 bits per heavy atom. The topological polar surface area (TPSA) is 84.0 Å². The quantitative estimate of drug-likeness (QED) is 0.628. The van der Waals surface area contributed by atoms with Crippen LogP contribution in [-0.4, -0.2) is 30.7 Å². The van der Waals surface area contributed by atoms with Crippen molar-refractivity contribution >= 4 is 21.5 Å². The SMILES string of the molecule is CC(C)Nc1cc(NCc2ccccc2)nc(-c2ccc(S(C)(=O)=O)cc2)n1. The van der Waals surface area contributed by atoms with Crippen LogP contribution in [0.1, 0.15) is 19.4 Å². The van der Waals surface area contributed by atoms with Gasteiger partial charge in [0.2, 0.25) is 0 Å². The van der Waals surface area contributed by atoms with E-state index in [2.05, 4.69) is 20.6 Å². The second-order valence-electron chi connectivity index (χ2n) is 6.90. The first kappa shape index (κ1) is 19.8. The molecule has 0 saturated carbocycles. The number of hydrogen-bond acceptors (Lipinski definition) is 6. The summed E-state index contributed by atoms with van der Waals surface area (Å²) in [6.45, 7) is 4.73. The third-order valence-corrected chi connectivity index (χ3v) is 5.15. The van der Waals surface area contributed by atoms with E-state index in [1.807, 2.05) is 50.2 Å². The summed E-state index contributed by atoms with van der Waals surface area (Å²) in [5.41, 5.74) is 1.90. The van der Waals surface area contributed by atoms with E-state index in [4.69, 9.17) is 0 Å². The molecule has 0 spiro atoms. The Morgan fingerprint density at radius 1 is 0.929 bits per heavy atom. The molecule has 0 aliphatic heterocycles. The molecule has 0 radical (unpaired) electrons. The monoisotopic (exact) mass is 396 g/mol. The molecule has 0 fully saturated rings. The largest absolute Gasteiger partial charge is 0.368 e. The molecule has 0 amide bonds. The first-order valence-electron chi connectivity index (χ1n) is 9.05. The van der Waals surface area contributed by atoms with Gasteiger partial charge in [-0.1, -0.05) is 30.3 Å². The van der Waals surface area contributed by atoms with E-state index in [0.717, 1.165) is 11.1 Å². The Morgan fingerprint density at radius 2 is 1.57 bits per heavy atom. The van der Waals surface area contributed by atoms with Crippen molar-refractivity contribution in [3.63, 3.8) is 0 Å². The van der Waals surface area contributed by atoms with E-state index in [1.165, 1.54) is 6.26 Å². The summed E-state index contributed by atoms with van der Waals surface area (Å²) in [4.78, 5) is 9.46. The predicted octanol–water partition coefficient (Wildman–Crippen LogP) is 3.98. The summed E-state index contributed by atoms with van der Waals surface area (Å²) in [5.74, 6) is 1.94. The highest BCUT2D eigenvalue weighted by atomic mass is 32.2. The van der Waals surface area contributed by atoms with Gasteiger partial charge in [-0.25, -0.2) is 18.4 Å². The third-order valence-electron chi connectivity index (χ3n) is 4.02. The van der Waals surface area contributed by atoms with Crippen LogP contribution in [-0.2, 0) is 16.4 Å². The Bertz CT molecular complexity index is 1030. The summed E-state index contributed by atoms with van der Waals surface area (Å²) in [5, 5.41) is 6.64. The Labute approximate surface area is 166 Å². The van der Waals surface area contributed by atoms with Crippen molar-refractivity contribution in [2.24, 2.45) is 0 Å². The van der Waals surface area contributed by atoms with E-state index in [0.29, 0.717) is 24.0 Å². The lowest BCUT2D eigenvalue weighted by Crippen LogP contribution is -2.13. The van der Waals surface area contributed by atoms with Gasteiger partial charge in [0.05, 0.1) is 4.90 Å². The average Bonchev–Trinajstić information content (AvgIpc) is 2.66. The van der Waals surface area contributed by atoms with Gasteiger partial charge in [-0.15, -0.1) is 0 Å². The molecule has 0 unspecified atom stereocenters.